The minimum absolute atomic E-state index is 0.258. The lowest BCUT2D eigenvalue weighted by Gasteiger charge is -2.18. The maximum absolute atomic E-state index is 12.1. The lowest BCUT2D eigenvalue weighted by atomic mass is 10.1. The smallest absolute Gasteiger partial charge is 0.170 e. The molecule has 1 unspecified atom stereocenters. The van der Waals surface area contributed by atoms with Gasteiger partial charge in [0.1, 0.15) is 15.8 Å². The molecule has 0 spiro atoms. The molecule has 1 atom stereocenters. The minimum atomic E-state index is -5.05. The maximum atomic E-state index is 12.1. The molecule has 0 aromatic rings. The molecule has 0 aromatic heterocycles. The van der Waals surface area contributed by atoms with Crippen LogP contribution in [0.5, 0.6) is 0 Å². The van der Waals surface area contributed by atoms with E-state index in [9.17, 15) is 26.3 Å². The first-order valence-electron chi connectivity index (χ1n) is 3.25. The highest BCUT2D eigenvalue weighted by atomic mass is 35.5. The first kappa shape index (κ1) is 15.2. The molecular weight excluding hydrogens is 292 g/mol. The minimum Gasteiger partial charge on any atom is -0.170 e. The summed E-state index contributed by atoms with van der Waals surface area (Å²) in [6.07, 6.45) is -10.3. The van der Waals surface area contributed by atoms with Gasteiger partial charge < -0.3 is 0 Å². The number of hydrogen-bond acceptors (Lipinski definition) is 0. The molecule has 0 radical (unpaired) electrons. The highest BCUT2D eigenvalue weighted by Gasteiger charge is 2.44. The van der Waals surface area contributed by atoms with Crippen LogP contribution in [-0.4, -0.2) is 17.2 Å². The first-order valence-corrected chi connectivity index (χ1v) is 4.50. The molecule has 0 aromatic carbocycles. The Morgan fingerprint density at radius 2 is 1.40 bits per heavy atom. The molecule has 0 amide bonds. The van der Waals surface area contributed by atoms with Gasteiger partial charge in [-0.05, 0) is 6.08 Å². The van der Waals surface area contributed by atoms with Crippen LogP contribution in [0.2, 0.25) is 0 Å². The molecule has 0 aliphatic heterocycles. The van der Waals surface area contributed by atoms with Crippen LogP contribution in [0.1, 0.15) is 0 Å². The van der Waals surface area contributed by atoms with Crippen LogP contribution in [0.25, 0.3) is 0 Å². The van der Waals surface area contributed by atoms with Crippen LogP contribution >= 0.6 is 34.8 Å². The second kappa shape index (κ2) is 5.01. The fourth-order valence-electron chi connectivity index (χ4n) is 0.562. The highest BCUT2D eigenvalue weighted by Crippen LogP contribution is 2.38. The fraction of sp³-hybridized carbons (Fsp3) is 0.667. The second-order valence-electron chi connectivity index (χ2n) is 2.41. The van der Waals surface area contributed by atoms with E-state index in [-0.39, 0.29) is 6.08 Å². The third-order valence-electron chi connectivity index (χ3n) is 1.25. The van der Waals surface area contributed by atoms with Gasteiger partial charge in [-0.15, -0.1) is 23.2 Å². The van der Waals surface area contributed by atoms with Gasteiger partial charge in [-0.3, -0.25) is 0 Å². The van der Waals surface area contributed by atoms with Crippen molar-refractivity contribution in [3.05, 3.63) is 11.1 Å². The Kier molecular flexibility index (Phi) is 5.08. The Morgan fingerprint density at radius 3 is 1.60 bits per heavy atom. The number of rotatable bonds is 2. The molecule has 0 aliphatic rings. The van der Waals surface area contributed by atoms with E-state index in [1.165, 1.54) is 0 Å². The predicted molar refractivity (Wildman–Crippen MR) is 45.0 cm³/mol. The van der Waals surface area contributed by atoms with E-state index in [1.807, 2.05) is 0 Å². The average Bonchev–Trinajstić information content (AvgIpc) is 1.94. The highest BCUT2D eigenvalue weighted by molar-refractivity contribution is 6.44. The number of hydrogen-bond donors (Lipinski definition) is 0. The lowest BCUT2D eigenvalue weighted by molar-refractivity contribution is -0.158. The molecule has 0 rings (SSSR count). The Morgan fingerprint density at radius 1 is 1.00 bits per heavy atom. The Hall–Kier alpha value is 0.190. The van der Waals surface area contributed by atoms with Crippen LogP contribution in [0, 0.1) is 5.92 Å². The van der Waals surface area contributed by atoms with Crippen molar-refractivity contribution in [1.82, 2.24) is 0 Å². The van der Waals surface area contributed by atoms with Gasteiger partial charge in [0.25, 0.3) is 0 Å². The van der Waals surface area contributed by atoms with Crippen molar-refractivity contribution in [3.63, 3.8) is 0 Å². The summed E-state index contributed by atoms with van der Waals surface area (Å²) in [5.41, 5.74) is 0. The van der Waals surface area contributed by atoms with Gasteiger partial charge in [0, 0.05) is 0 Å². The van der Waals surface area contributed by atoms with Gasteiger partial charge in [0.05, 0.1) is 0 Å². The van der Waals surface area contributed by atoms with E-state index >= 15 is 0 Å². The number of alkyl halides is 8. The molecule has 0 bridgehead atoms. The van der Waals surface area contributed by atoms with Crippen LogP contribution in [0.3, 0.4) is 0 Å². The molecule has 0 heterocycles. The topological polar surface area (TPSA) is 0 Å². The van der Waals surface area contributed by atoms with Gasteiger partial charge >= 0.3 is 12.4 Å². The van der Waals surface area contributed by atoms with Crippen molar-refractivity contribution in [2.24, 2.45) is 5.92 Å². The summed E-state index contributed by atoms with van der Waals surface area (Å²) in [5, 5.41) is -1.91. The summed E-state index contributed by atoms with van der Waals surface area (Å²) < 4.78 is 71.7. The Balaban J connectivity index is 5.00. The SMILES string of the molecule is FC(F)(F)/C(Cl)=C/C(C(Cl)Cl)C(F)(F)F. The average molecular weight is 295 g/mol. The van der Waals surface area contributed by atoms with Gasteiger partial charge in [-0.1, -0.05) is 11.6 Å². The van der Waals surface area contributed by atoms with E-state index in [0.29, 0.717) is 0 Å². The standard InChI is InChI=1S/C6H3Cl3F6/c7-3(6(13,14)15)1-2(4(8)9)5(10,11)12/h1-2,4H/b3-1-. The lowest BCUT2D eigenvalue weighted by Crippen LogP contribution is -2.27. The summed E-state index contributed by atoms with van der Waals surface area (Å²) >= 11 is 14.4. The molecule has 9 heteroatoms. The normalized spacial score (nSPS) is 17.1. The molecule has 0 fully saturated rings. The molecule has 90 valence electrons. The Labute approximate surface area is 95.8 Å². The van der Waals surface area contributed by atoms with E-state index in [2.05, 4.69) is 11.6 Å². The van der Waals surface area contributed by atoms with Crippen LogP contribution in [-0.2, 0) is 0 Å². The third kappa shape index (κ3) is 5.17. The van der Waals surface area contributed by atoms with E-state index in [4.69, 9.17) is 23.2 Å². The summed E-state index contributed by atoms with van der Waals surface area (Å²) in [6, 6.07) is 0. The predicted octanol–water partition coefficient (Wildman–Crippen LogP) is 4.65. The monoisotopic (exact) mass is 294 g/mol. The molecule has 15 heavy (non-hydrogen) atoms. The molecular formula is C6H3Cl3F6. The number of halogens is 9. The summed E-state index contributed by atoms with van der Waals surface area (Å²) in [5.74, 6) is -2.66. The summed E-state index contributed by atoms with van der Waals surface area (Å²) in [4.78, 5) is -2.05. The van der Waals surface area contributed by atoms with Gasteiger partial charge in [0.15, 0.2) is 0 Å². The number of allylic oxidation sites excluding steroid dienone is 2. The first-order chi connectivity index (χ1) is 6.46. The summed E-state index contributed by atoms with van der Waals surface area (Å²) in [6.45, 7) is 0. The van der Waals surface area contributed by atoms with E-state index in [1.54, 1.807) is 0 Å². The van der Waals surface area contributed by atoms with Crippen LogP contribution in [0.15, 0.2) is 11.1 Å². The molecule has 0 nitrogen and oxygen atoms in total. The van der Waals surface area contributed by atoms with Gasteiger partial charge in [0.2, 0.25) is 0 Å². The largest absolute Gasteiger partial charge is 0.426 e. The van der Waals surface area contributed by atoms with Crippen LogP contribution in [0.4, 0.5) is 26.3 Å². The maximum Gasteiger partial charge on any atom is 0.426 e. The molecule has 0 aliphatic carbocycles. The fourth-order valence-corrected chi connectivity index (χ4v) is 1.13. The van der Waals surface area contributed by atoms with Crippen molar-refractivity contribution in [2.75, 3.05) is 0 Å². The zero-order chi connectivity index (χ0) is 12.4. The van der Waals surface area contributed by atoms with Crippen molar-refractivity contribution in [1.29, 1.82) is 0 Å². The zero-order valence-corrected chi connectivity index (χ0v) is 8.90. The van der Waals surface area contributed by atoms with Gasteiger partial charge in [-0.2, -0.15) is 26.3 Å². The van der Waals surface area contributed by atoms with Crippen molar-refractivity contribution in [3.8, 4) is 0 Å². The third-order valence-corrected chi connectivity index (χ3v) is 2.13. The second-order valence-corrected chi connectivity index (χ2v) is 3.99. The zero-order valence-electron chi connectivity index (χ0n) is 6.63. The van der Waals surface area contributed by atoms with Crippen molar-refractivity contribution >= 4 is 34.8 Å². The molecule has 0 saturated carbocycles. The van der Waals surface area contributed by atoms with Crippen molar-refractivity contribution < 1.29 is 26.3 Å². The van der Waals surface area contributed by atoms with Crippen LogP contribution < -0.4 is 0 Å². The molecule has 0 saturated heterocycles. The van der Waals surface area contributed by atoms with Gasteiger partial charge in [-0.25, -0.2) is 0 Å². The summed E-state index contributed by atoms with van der Waals surface area (Å²) in [7, 11) is 0. The molecule has 0 N–H and O–H groups in total. The quantitative estimate of drug-likeness (QED) is 0.514. The Bertz CT molecular complexity index is 240. The van der Waals surface area contributed by atoms with E-state index in [0.717, 1.165) is 0 Å². The van der Waals surface area contributed by atoms with Crippen molar-refractivity contribution in [2.45, 2.75) is 17.2 Å². The van der Waals surface area contributed by atoms with E-state index < -0.39 is 28.1 Å².